The Labute approximate surface area is 185 Å². The van der Waals surface area contributed by atoms with Gasteiger partial charge in [-0.15, -0.1) is 0 Å². The maximum Gasteiger partial charge on any atom is 0.308 e. The first-order valence-corrected chi connectivity index (χ1v) is 13.6. The fourth-order valence-corrected chi connectivity index (χ4v) is 7.39. The van der Waals surface area contributed by atoms with Crippen LogP contribution in [0.4, 0.5) is 5.69 Å². The Balaban J connectivity index is 1.59. The zero-order valence-corrected chi connectivity index (χ0v) is 19.6. The zero-order chi connectivity index (χ0) is 22.4. The van der Waals surface area contributed by atoms with Gasteiger partial charge < -0.3 is 0 Å². The van der Waals surface area contributed by atoms with Crippen LogP contribution in [0.2, 0.25) is 0 Å². The summed E-state index contributed by atoms with van der Waals surface area (Å²) < 4.78 is 57.1. The highest BCUT2D eigenvalue weighted by Crippen LogP contribution is 2.26. The average Bonchev–Trinajstić information content (AvgIpc) is 3.35. The molecule has 0 saturated carbocycles. The molecule has 2 aromatic carbocycles. The highest BCUT2D eigenvalue weighted by atomic mass is 32.2. The third kappa shape index (κ3) is 4.14. The number of hydrogen-bond donors (Lipinski definition) is 1. The molecule has 1 saturated heterocycles. The van der Waals surface area contributed by atoms with E-state index in [-0.39, 0.29) is 26.4 Å². The number of rotatable bonds is 6. The van der Waals surface area contributed by atoms with Crippen molar-refractivity contribution in [3.8, 4) is 0 Å². The Kier molecular flexibility index (Phi) is 5.71. The predicted molar refractivity (Wildman–Crippen MR) is 122 cm³/mol. The number of benzene rings is 2. The molecule has 0 amide bonds. The quantitative estimate of drug-likeness (QED) is 0.582. The van der Waals surface area contributed by atoms with Gasteiger partial charge in [-0.3, -0.25) is 14.1 Å². The zero-order valence-electron chi connectivity index (χ0n) is 17.1. The Morgan fingerprint density at radius 2 is 1.55 bits per heavy atom. The number of thiazole rings is 1. The molecule has 0 radical (unpaired) electrons. The fraction of sp³-hybridized carbons (Fsp3) is 0.350. The van der Waals surface area contributed by atoms with Crippen LogP contribution in [0.1, 0.15) is 32.7 Å². The van der Waals surface area contributed by atoms with Gasteiger partial charge >= 0.3 is 4.87 Å². The molecule has 0 bridgehead atoms. The summed E-state index contributed by atoms with van der Waals surface area (Å²) >= 11 is 1.00. The van der Waals surface area contributed by atoms with Crippen LogP contribution in [0.5, 0.6) is 0 Å². The average molecular weight is 482 g/mol. The van der Waals surface area contributed by atoms with Gasteiger partial charge in [-0.05, 0) is 69.2 Å². The van der Waals surface area contributed by atoms with Gasteiger partial charge in [-0.1, -0.05) is 11.3 Å². The second-order valence-corrected chi connectivity index (χ2v) is 12.3. The van der Waals surface area contributed by atoms with E-state index in [1.165, 1.54) is 40.7 Å². The Morgan fingerprint density at radius 1 is 0.935 bits per heavy atom. The normalized spacial score (nSPS) is 15.7. The van der Waals surface area contributed by atoms with Gasteiger partial charge in [0.2, 0.25) is 10.0 Å². The standard InChI is InChI=1S/C20H23N3O5S3/c1-14(2)23-18-10-9-17(13-19(18)29-20(23)24)30(25,26)21-15-5-7-16(8-6-15)31(27,28)22-11-3-4-12-22/h5-10,13-14,21H,3-4,11-12H2,1-2H3. The maximum absolute atomic E-state index is 12.8. The van der Waals surface area contributed by atoms with Crippen molar-refractivity contribution in [1.82, 2.24) is 8.87 Å². The smallest absolute Gasteiger partial charge is 0.296 e. The van der Waals surface area contributed by atoms with Crippen LogP contribution < -0.4 is 9.60 Å². The van der Waals surface area contributed by atoms with E-state index in [0.717, 1.165) is 24.2 Å². The van der Waals surface area contributed by atoms with E-state index >= 15 is 0 Å². The first kappa shape index (κ1) is 22.0. The van der Waals surface area contributed by atoms with E-state index in [2.05, 4.69) is 4.72 Å². The fourth-order valence-electron chi connectivity index (χ4n) is 3.66. The lowest BCUT2D eigenvalue weighted by Crippen LogP contribution is -2.27. The van der Waals surface area contributed by atoms with Gasteiger partial charge in [0, 0.05) is 24.8 Å². The molecule has 166 valence electrons. The Hall–Kier alpha value is -2.21. The van der Waals surface area contributed by atoms with Crippen molar-refractivity contribution in [2.75, 3.05) is 17.8 Å². The summed E-state index contributed by atoms with van der Waals surface area (Å²) in [4.78, 5) is 12.2. The number of aromatic nitrogens is 1. The molecule has 0 spiro atoms. The molecule has 1 aromatic heterocycles. The minimum absolute atomic E-state index is 0.0304. The highest BCUT2D eigenvalue weighted by molar-refractivity contribution is 7.92. The summed E-state index contributed by atoms with van der Waals surface area (Å²) in [5.41, 5.74) is 0.953. The molecule has 0 atom stereocenters. The molecule has 11 heteroatoms. The highest BCUT2D eigenvalue weighted by Gasteiger charge is 2.27. The van der Waals surface area contributed by atoms with Gasteiger partial charge in [0.25, 0.3) is 10.0 Å². The van der Waals surface area contributed by atoms with Gasteiger partial charge in [0.05, 0.1) is 20.0 Å². The van der Waals surface area contributed by atoms with E-state index < -0.39 is 20.0 Å². The number of hydrogen-bond acceptors (Lipinski definition) is 6. The van der Waals surface area contributed by atoms with E-state index in [4.69, 9.17) is 0 Å². The lowest BCUT2D eigenvalue weighted by atomic mass is 10.3. The number of fused-ring (bicyclic) bond motifs is 1. The molecule has 1 aliphatic heterocycles. The van der Waals surface area contributed by atoms with Crippen LogP contribution >= 0.6 is 11.3 Å². The summed E-state index contributed by atoms with van der Waals surface area (Å²) in [6.45, 7) is 4.80. The van der Waals surface area contributed by atoms with Gasteiger partial charge in [0.15, 0.2) is 0 Å². The molecule has 31 heavy (non-hydrogen) atoms. The number of nitrogens with zero attached hydrogens (tertiary/aromatic N) is 2. The van der Waals surface area contributed by atoms with Crippen LogP contribution in [0.25, 0.3) is 10.2 Å². The summed E-state index contributed by atoms with van der Waals surface area (Å²) in [6.07, 6.45) is 1.69. The minimum atomic E-state index is -3.91. The van der Waals surface area contributed by atoms with Gasteiger partial charge in [0.1, 0.15) is 0 Å². The number of sulfonamides is 2. The first-order valence-electron chi connectivity index (χ1n) is 9.88. The SMILES string of the molecule is CC(C)n1c(=O)sc2cc(S(=O)(=O)Nc3ccc(S(=O)(=O)N4CCCC4)cc3)ccc21. The lowest BCUT2D eigenvalue weighted by molar-refractivity contribution is 0.477. The Bertz CT molecular complexity index is 1380. The Morgan fingerprint density at radius 3 is 2.16 bits per heavy atom. The second kappa shape index (κ2) is 8.05. The van der Waals surface area contributed by atoms with Crippen molar-refractivity contribution in [3.05, 3.63) is 52.1 Å². The third-order valence-electron chi connectivity index (χ3n) is 5.22. The van der Waals surface area contributed by atoms with Crippen molar-refractivity contribution < 1.29 is 16.8 Å². The molecular weight excluding hydrogens is 458 g/mol. The molecule has 0 unspecified atom stereocenters. The van der Waals surface area contributed by atoms with Crippen LogP contribution in [0, 0.1) is 0 Å². The van der Waals surface area contributed by atoms with E-state index in [0.29, 0.717) is 23.3 Å². The van der Waals surface area contributed by atoms with Crippen LogP contribution in [-0.4, -0.2) is 38.8 Å². The van der Waals surface area contributed by atoms with Crippen molar-refractivity contribution in [2.45, 2.75) is 42.5 Å². The first-order chi connectivity index (χ1) is 14.6. The van der Waals surface area contributed by atoms with Crippen molar-refractivity contribution in [2.24, 2.45) is 0 Å². The molecule has 4 rings (SSSR count). The van der Waals surface area contributed by atoms with Gasteiger partial charge in [-0.2, -0.15) is 4.31 Å². The molecule has 1 aliphatic rings. The molecule has 2 heterocycles. The molecule has 1 fully saturated rings. The van der Waals surface area contributed by atoms with E-state index in [9.17, 15) is 21.6 Å². The second-order valence-electron chi connectivity index (χ2n) is 7.70. The lowest BCUT2D eigenvalue weighted by Gasteiger charge is -2.16. The van der Waals surface area contributed by atoms with Crippen LogP contribution in [0.15, 0.2) is 57.1 Å². The van der Waals surface area contributed by atoms with Crippen molar-refractivity contribution in [3.63, 3.8) is 0 Å². The number of nitrogens with one attached hydrogen (secondary N) is 1. The predicted octanol–water partition coefficient (Wildman–Crippen LogP) is 3.23. The number of anilines is 1. The third-order valence-corrected chi connectivity index (χ3v) is 9.43. The van der Waals surface area contributed by atoms with Crippen molar-refractivity contribution >= 4 is 47.3 Å². The van der Waals surface area contributed by atoms with Crippen LogP contribution in [-0.2, 0) is 20.0 Å². The van der Waals surface area contributed by atoms with Crippen LogP contribution in [0.3, 0.4) is 0 Å². The molecule has 0 aliphatic carbocycles. The monoisotopic (exact) mass is 481 g/mol. The topological polar surface area (TPSA) is 106 Å². The molecule has 8 nitrogen and oxygen atoms in total. The molecule has 3 aromatic rings. The largest absolute Gasteiger partial charge is 0.308 e. The molecule has 1 N–H and O–H groups in total. The summed E-state index contributed by atoms with van der Waals surface area (Å²) in [7, 11) is -7.47. The summed E-state index contributed by atoms with van der Waals surface area (Å²) in [6, 6.07) is 10.2. The van der Waals surface area contributed by atoms with E-state index in [1.54, 1.807) is 10.6 Å². The molecular formula is C20H23N3O5S3. The maximum atomic E-state index is 12.8. The summed E-state index contributed by atoms with van der Waals surface area (Å²) in [5.74, 6) is 0. The van der Waals surface area contributed by atoms with E-state index in [1.807, 2.05) is 13.8 Å². The van der Waals surface area contributed by atoms with Gasteiger partial charge in [-0.25, -0.2) is 16.8 Å². The van der Waals surface area contributed by atoms with Crippen molar-refractivity contribution in [1.29, 1.82) is 0 Å². The minimum Gasteiger partial charge on any atom is -0.296 e. The summed E-state index contributed by atoms with van der Waals surface area (Å²) in [5, 5.41) is 0.